The van der Waals surface area contributed by atoms with Crippen LogP contribution < -0.4 is 9.47 Å². The van der Waals surface area contributed by atoms with E-state index < -0.39 is 0 Å². The monoisotopic (exact) mass is 402 g/mol. The van der Waals surface area contributed by atoms with E-state index in [1.54, 1.807) is 0 Å². The van der Waals surface area contributed by atoms with Crippen LogP contribution in [0.4, 0.5) is 0 Å². The van der Waals surface area contributed by atoms with Gasteiger partial charge in [-0.3, -0.25) is 4.79 Å². The van der Waals surface area contributed by atoms with E-state index in [4.69, 9.17) is 9.47 Å². The van der Waals surface area contributed by atoms with Crippen LogP contribution in [0.25, 0.3) is 0 Å². The fraction of sp³-hybridized carbons (Fsp3) is 0.731. The standard InChI is InChI=1S/C26H42O3/c1-3-5-7-8-9-11-21-28-24-17-19-25(20-18-24)29-26(27)23-15-13-22(14-16-23)12-10-6-4-2/h17-20,22-23H,3-16,21H2,1-2H3/t22-,23-. The Morgan fingerprint density at radius 3 is 2.07 bits per heavy atom. The highest BCUT2D eigenvalue weighted by Crippen LogP contribution is 2.33. The Bertz CT molecular complexity index is 544. The molecular weight excluding hydrogens is 360 g/mol. The highest BCUT2D eigenvalue weighted by molar-refractivity contribution is 5.75. The van der Waals surface area contributed by atoms with Gasteiger partial charge in [-0.1, -0.05) is 71.6 Å². The van der Waals surface area contributed by atoms with Crippen LogP contribution in [0.1, 0.15) is 104 Å². The van der Waals surface area contributed by atoms with Crippen LogP contribution in [0.3, 0.4) is 0 Å². The summed E-state index contributed by atoms with van der Waals surface area (Å²) in [6.45, 7) is 5.25. The van der Waals surface area contributed by atoms with E-state index in [0.29, 0.717) is 5.75 Å². The number of esters is 1. The zero-order chi connectivity index (χ0) is 20.7. The number of rotatable bonds is 14. The highest BCUT2D eigenvalue weighted by atomic mass is 16.5. The molecule has 0 bridgehead atoms. The average Bonchev–Trinajstić information content (AvgIpc) is 2.75. The van der Waals surface area contributed by atoms with Crippen molar-refractivity contribution in [1.82, 2.24) is 0 Å². The second-order valence-corrected chi connectivity index (χ2v) is 8.72. The molecule has 0 heterocycles. The van der Waals surface area contributed by atoms with Gasteiger partial charge in [0, 0.05) is 0 Å². The molecular formula is C26H42O3. The number of hydrogen-bond donors (Lipinski definition) is 0. The first-order valence-corrected chi connectivity index (χ1v) is 12.2. The highest BCUT2D eigenvalue weighted by Gasteiger charge is 2.27. The Labute approximate surface area is 178 Å². The summed E-state index contributed by atoms with van der Waals surface area (Å²) in [6.07, 6.45) is 17.2. The Kier molecular flexibility index (Phi) is 11.9. The summed E-state index contributed by atoms with van der Waals surface area (Å²) >= 11 is 0. The molecule has 1 aromatic rings. The molecule has 1 aliphatic carbocycles. The number of carbonyl (C=O) groups is 1. The first kappa shape index (κ1) is 23.8. The van der Waals surface area contributed by atoms with Gasteiger partial charge in [-0.25, -0.2) is 0 Å². The van der Waals surface area contributed by atoms with Crippen molar-refractivity contribution in [2.24, 2.45) is 11.8 Å². The van der Waals surface area contributed by atoms with Gasteiger partial charge in [-0.05, 0) is 62.3 Å². The van der Waals surface area contributed by atoms with Gasteiger partial charge in [0.25, 0.3) is 0 Å². The SMILES string of the molecule is CCCCCCCCOc1ccc(OC(=O)[C@H]2CC[C@H](CCCCC)CC2)cc1. The van der Waals surface area contributed by atoms with Gasteiger partial charge in [0.2, 0.25) is 0 Å². The number of carbonyl (C=O) groups excluding carboxylic acids is 1. The van der Waals surface area contributed by atoms with Gasteiger partial charge in [0.05, 0.1) is 12.5 Å². The van der Waals surface area contributed by atoms with Gasteiger partial charge in [-0.2, -0.15) is 0 Å². The molecule has 0 unspecified atom stereocenters. The molecule has 164 valence electrons. The van der Waals surface area contributed by atoms with Crippen molar-refractivity contribution in [3.63, 3.8) is 0 Å². The molecule has 0 radical (unpaired) electrons. The molecule has 3 heteroatoms. The lowest BCUT2D eigenvalue weighted by atomic mass is 9.80. The van der Waals surface area contributed by atoms with E-state index in [-0.39, 0.29) is 11.9 Å². The molecule has 0 atom stereocenters. The van der Waals surface area contributed by atoms with Crippen LogP contribution >= 0.6 is 0 Å². The van der Waals surface area contributed by atoms with Crippen molar-refractivity contribution in [1.29, 1.82) is 0 Å². The molecule has 3 nitrogen and oxygen atoms in total. The molecule has 1 fully saturated rings. The minimum atomic E-state index is -0.0576. The van der Waals surface area contributed by atoms with Crippen molar-refractivity contribution >= 4 is 5.97 Å². The number of ether oxygens (including phenoxy) is 2. The maximum atomic E-state index is 12.5. The Hall–Kier alpha value is -1.51. The average molecular weight is 403 g/mol. The minimum Gasteiger partial charge on any atom is -0.494 e. The first-order valence-electron chi connectivity index (χ1n) is 12.2. The summed E-state index contributed by atoms with van der Waals surface area (Å²) in [5, 5.41) is 0. The van der Waals surface area contributed by atoms with Gasteiger partial charge >= 0.3 is 5.97 Å². The van der Waals surface area contributed by atoms with Crippen molar-refractivity contribution in [3.8, 4) is 11.5 Å². The normalized spacial score (nSPS) is 19.1. The van der Waals surface area contributed by atoms with Crippen LogP contribution in [0.15, 0.2) is 24.3 Å². The lowest BCUT2D eigenvalue weighted by molar-refractivity contribution is -0.140. The second-order valence-electron chi connectivity index (χ2n) is 8.72. The third kappa shape index (κ3) is 9.69. The van der Waals surface area contributed by atoms with E-state index in [9.17, 15) is 4.79 Å². The van der Waals surface area contributed by atoms with Gasteiger partial charge < -0.3 is 9.47 Å². The molecule has 1 aliphatic rings. The maximum Gasteiger partial charge on any atom is 0.314 e. The molecule has 0 aliphatic heterocycles. The van der Waals surface area contributed by atoms with E-state index >= 15 is 0 Å². The predicted octanol–water partition coefficient (Wildman–Crippen LogP) is 7.72. The molecule has 0 N–H and O–H groups in total. The summed E-state index contributed by atoms with van der Waals surface area (Å²) in [7, 11) is 0. The van der Waals surface area contributed by atoms with Gasteiger partial charge in [0.1, 0.15) is 11.5 Å². The third-order valence-electron chi connectivity index (χ3n) is 6.20. The quantitative estimate of drug-likeness (QED) is 0.181. The molecule has 29 heavy (non-hydrogen) atoms. The summed E-state index contributed by atoms with van der Waals surface area (Å²) in [5.41, 5.74) is 0. The number of unbranched alkanes of at least 4 members (excludes halogenated alkanes) is 7. The predicted molar refractivity (Wildman–Crippen MR) is 121 cm³/mol. The fourth-order valence-electron chi connectivity index (χ4n) is 4.25. The fourth-order valence-corrected chi connectivity index (χ4v) is 4.25. The van der Waals surface area contributed by atoms with Crippen LogP contribution in [0.2, 0.25) is 0 Å². The second kappa shape index (κ2) is 14.5. The molecule has 1 saturated carbocycles. The van der Waals surface area contributed by atoms with Gasteiger partial charge in [-0.15, -0.1) is 0 Å². The smallest absolute Gasteiger partial charge is 0.314 e. The third-order valence-corrected chi connectivity index (χ3v) is 6.20. The maximum absolute atomic E-state index is 12.5. The first-order chi connectivity index (χ1) is 14.2. The van der Waals surface area contributed by atoms with Crippen molar-refractivity contribution in [3.05, 3.63) is 24.3 Å². The summed E-state index contributed by atoms with van der Waals surface area (Å²) < 4.78 is 11.4. The van der Waals surface area contributed by atoms with E-state index in [0.717, 1.165) is 37.5 Å². The van der Waals surface area contributed by atoms with Crippen LogP contribution in [-0.4, -0.2) is 12.6 Å². The van der Waals surface area contributed by atoms with Crippen molar-refractivity contribution in [2.45, 2.75) is 104 Å². The molecule has 0 amide bonds. The van der Waals surface area contributed by atoms with Crippen molar-refractivity contribution in [2.75, 3.05) is 6.61 Å². The molecule has 0 spiro atoms. The summed E-state index contributed by atoms with van der Waals surface area (Å²) in [5.74, 6) is 2.31. The topological polar surface area (TPSA) is 35.5 Å². The Morgan fingerprint density at radius 1 is 0.793 bits per heavy atom. The Balaban J connectivity index is 1.62. The zero-order valence-electron chi connectivity index (χ0n) is 18.8. The summed E-state index contributed by atoms with van der Waals surface area (Å²) in [6, 6.07) is 7.52. The van der Waals surface area contributed by atoms with E-state index in [1.165, 1.54) is 70.6 Å². The Morgan fingerprint density at radius 2 is 1.38 bits per heavy atom. The number of hydrogen-bond acceptors (Lipinski definition) is 3. The zero-order valence-corrected chi connectivity index (χ0v) is 18.8. The van der Waals surface area contributed by atoms with Crippen LogP contribution in [-0.2, 0) is 4.79 Å². The lowest BCUT2D eigenvalue weighted by Gasteiger charge is -2.27. The number of benzene rings is 1. The summed E-state index contributed by atoms with van der Waals surface area (Å²) in [4.78, 5) is 12.5. The lowest BCUT2D eigenvalue weighted by Crippen LogP contribution is -2.25. The molecule has 1 aromatic carbocycles. The van der Waals surface area contributed by atoms with E-state index in [2.05, 4.69) is 13.8 Å². The van der Waals surface area contributed by atoms with Crippen molar-refractivity contribution < 1.29 is 14.3 Å². The molecule has 2 rings (SSSR count). The van der Waals surface area contributed by atoms with Gasteiger partial charge in [0.15, 0.2) is 0 Å². The van der Waals surface area contributed by atoms with E-state index in [1.807, 2.05) is 24.3 Å². The largest absolute Gasteiger partial charge is 0.494 e. The van der Waals surface area contributed by atoms with Crippen LogP contribution in [0.5, 0.6) is 11.5 Å². The molecule has 0 aromatic heterocycles. The molecule has 0 saturated heterocycles. The minimum absolute atomic E-state index is 0.0576. The van der Waals surface area contributed by atoms with Crippen LogP contribution in [0, 0.1) is 11.8 Å².